The summed E-state index contributed by atoms with van der Waals surface area (Å²) in [6, 6.07) is 11.5. The van der Waals surface area contributed by atoms with Gasteiger partial charge in [0.15, 0.2) is 6.10 Å². The Morgan fingerprint density at radius 2 is 1.85 bits per heavy atom. The molecule has 0 saturated heterocycles. The maximum Gasteiger partial charge on any atom is 0.339 e. The van der Waals surface area contributed by atoms with Crippen LogP contribution in [0.4, 0.5) is 5.69 Å². The summed E-state index contributed by atoms with van der Waals surface area (Å²) in [7, 11) is 0. The third-order valence-corrected chi connectivity index (χ3v) is 4.23. The second kappa shape index (κ2) is 6.79. The van der Waals surface area contributed by atoms with Gasteiger partial charge < -0.3 is 9.72 Å². The van der Waals surface area contributed by atoms with E-state index in [1.54, 1.807) is 12.3 Å². The number of nitrogens with one attached hydrogen (secondary N) is 1. The van der Waals surface area contributed by atoms with Crippen molar-refractivity contribution < 1.29 is 19.2 Å². The van der Waals surface area contributed by atoms with Gasteiger partial charge >= 0.3 is 5.97 Å². The highest BCUT2D eigenvalue weighted by atomic mass is 16.6. The Kier molecular flexibility index (Phi) is 4.53. The number of aromatic amines is 1. The minimum absolute atomic E-state index is 0.0674. The number of carbonyl (C=O) groups is 2. The number of H-pyrrole nitrogens is 1. The standard InChI is InChI=1S/C19H16N2O5/c1-11-13(7-5-9-17(11)21(24)25)19(23)26-12(2)18(22)15-10-20-16-8-4-3-6-14(15)16/h3-10,12,20H,1-2H3. The molecule has 0 aliphatic heterocycles. The molecule has 132 valence electrons. The van der Waals surface area contributed by atoms with Gasteiger partial charge in [0.2, 0.25) is 5.78 Å². The molecule has 1 unspecified atom stereocenters. The molecule has 1 N–H and O–H groups in total. The van der Waals surface area contributed by atoms with Crippen molar-refractivity contribution in [2.24, 2.45) is 0 Å². The van der Waals surface area contributed by atoms with Gasteiger partial charge in [0.25, 0.3) is 5.69 Å². The van der Waals surface area contributed by atoms with E-state index in [0.717, 1.165) is 10.9 Å². The number of hydrogen-bond acceptors (Lipinski definition) is 5. The summed E-state index contributed by atoms with van der Waals surface area (Å²) < 4.78 is 5.26. The molecule has 1 heterocycles. The first-order valence-electron chi connectivity index (χ1n) is 7.95. The molecule has 0 bridgehead atoms. The van der Waals surface area contributed by atoms with Crippen molar-refractivity contribution >= 4 is 28.3 Å². The molecule has 1 atom stereocenters. The summed E-state index contributed by atoms with van der Waals surface area (Å²) in [5, 5.41) is 11.7. The fourth-order valence-electron chi connectivity index (χ4n) is 2.81. The van der Waals surface area contributed by atoms with E-state index in [2.05, 4.69) is 4.98 Å². The number of hydrogen-bond donors (Lipinski definition) is 1. The number of nitrogens with zero attached hydrogens (tertiary/aromatic N) is 1. The quantitative estimate of drug-likeness (QED) is 0.325. The van der Waals surface area contributed by atoms with E-state index < -0.39 is 17.0 Å². The van der Waals surface area contributed by atoms with Crippen molar-refractivity contribution in [3.63, 3.8) is 0 Å². The van der Waals surface area contributed by atoms with Crippen LogP contribution in [0.25, 0.3) is 10.9 Å². The first-order valence-corrected chi connectivity index (χ1v) is 7.95. The summed E-state index contributed by atoms with van der Waals surface area (Å²) in [6.07, 6.45) is 0.552. The van der Waals surface area contributed by atoms with Gasteiger partial charge in [-0.2, -0.15) is 0 Å². The van der Waals surface area contributed by atoms with Gasteiger partial charge in [-0.3, -0.25) is 14.9 Å². The Labute approximate surface area is 148 Å². The molecular formula is C19H16N2O5. The minimum atomic E-state index is -1.03. The van der Waals surface area contributed by atoms with E-state index in [4.69, 9.17) is 4.74 Å². The first-order chi connectivity index (χ1) is 12.4. The van der Waals surface area contributed by atoms with Crippen LogP contribution in [0, 0.1) is 17.0 Å². The zero-order chi connectivity index (χ0) is 18.8. The van der Waals surface area contributed by atoms with Gasteiger partial charge in [-0.1, -0.05) is 24.3 Å². The molecule has 0 aliphatic rings. The van der Waals surface area contributed by atoms with Crippen molar-refractivity contribution in [1.82, 2.24) is 4.98 Å². The number of nitro groups is 1. The SMILES string of the molecule is Cc1c(C(=O)OC(C)C(=O)c2c[nH]c3ccccc23)cccc1[N+](=O)[O-]. The summed E-state index contributed by atoms with van der Waals surface area (Å²) in [4.78, 5) is 38.5. The van der Waals surface area contributed by atoms with Crippen LogP contribution in [0.2, 0.25) is 0 Å². The molecule has 3 rings (SSSR count). The molecule has 26 heavy (non-hydrogen) atoms. The smallest absolute Gasteiger partial charge is 0.339 e. The van der Waals surface area contributed by atoms with Crippen LogP contribution in [0.5, 0.6) is 0 Å². The molecule has 1 aromatic heterocycles. The Hall–Kier alpha value is -3.48. The Morgan fingerprint density at radius 3 is 2.58 bits per heavy atom. The monoisotopic (exact) mass is 352 g/mol. The van der Waals surface area contributed by atoms with Crippen LogP contribution in [0.1, 0.15) is 33.2 Å². The fraction of sp³-hybridized carbons (Fsp3) is 0.158. The largest absolute Gasteiger partial charge is 0.451 e. The van der Waals surface area contributed by atoms with Crippen LogP contribution in [-0.2, 0) is 4.74 Å². The molecule has 0 saturated carbocycles. The van der Waals surface area contributed by atoms with E-state index in [1.807, 2.05) is 18.2 Å². The third kappa shape index (κ3) is 3.06. The van der Waals surface area contributed by atoms with E-state index in [0.29, 0.717) is 5.56 Å². The number of rotatable bonds is 5. The third-order valence-electron chi connectivity index (χ3n) is 4.23. The molecule has 7 nitrogen and oxygen atoms in total. The summed E-state index contributed by atoms with van der Waals surface area (Å²) in [5.74, 6) is -1.12. The number of Topliss-reactive ketones (excluding diaryl/α,β-unsaturated/α-hetero) is 1. The topological polar surface area (TPSA) is 102 Å². The Balaban J connectivity index is 1.83. The lowest BCUT2D eigenvalue weighted by Crippen LogP contribution is -2.24. The van der Waals surface area contributed by atoms with Gasteiger partial charge in [-0.15, -0.1) is 0 Å². The van der Waals surface area contributed by atoms with E-state index in [1.165, 1.54) is 32.0 Å². The Bertz CT molecular complexity index is 1020. The van der Waals surface area contributed by atoms with Gasteiger partial charge in [0.05, 0.1) is 10.5 Å². The molecule has 0 spiro atoms. The summed E-state index contributed by atoms with van der Waals surface area (Å²) >= 11 is 0. The maximum atomic E-state index is 12.6. The average molecular weight is 352 g/mol. The van der Waals surface area contributed by atoms with Crippen molar-refractivity contribution in [3.8, 4) is 0 Å². The van der Waals surface area contributed by atoms with Crippen molar-refractivity contribution in [1.29, 1.82) is 0 Å². The predicted molar refractivity (Wildman–Crippen MR) is 95.3 cm³/mol. The molecule has 0 amide bonds. The van der Waals surface area contributed by atoms with Gasteiger partial charge in [-0.25, -0.2) is 4.79 Å². The number of ether oxygens (including phenoxy) is 1. The zero-order valence-corrected chi connectivity index (χ0v) is 14.2. The average Bonchev–Trinajstić information content (AvgIpc) is 3.04. The molecule has 3 aromatic rings. The van der Waals surface area contributed by atoms with Crippen molar-refractivity contribution in [2.45, 2.75) is 20.0 Å². The lowest BCUT2D eigenvalue weighted by atomic mass is 10.1. The predicted octanol–water partition coefficient (Wildman–Crippen LogP) is 3.81. The van der Waals surface area contributed by atoms with Gasteiger partial charge in [0, 0.05) is 34.3 Å². The van der Waals surface area contributed by atoms with Gasteiger partial charge in [-0.05, 0) is 26.0 Å². The van der Waals surface area contributed by atoms with Crippen LogP contribution in [0.15, 0.2) is 48.7 Å². The lowest BCUT2D eigenvalue weighted by Gasteiger charge is -2.13. The van der Waals surface area contributed by atoms with Crippen LogP contribution < -0.4 is 0 Å². The van der Waals surface area contributed by atoms with Crippen LogP contribution in [-0.4, -0.2) is 27.8 Å². The van der Waals surface area contributed by atoms with Crippen LogP contribution >= 0.6 is 0 Å². The number of carbonyl (C=O) groups excluding carboxylic acids is 2. The molecule has 0 aliphatic carbocycles. The second-order valence-electron chi connectivity index (χ2n) is 5.87. The highest BCUT2D eigenvalue weighted by Gasteiger charge is 2.25. The fourth-order valence-corrected chi connectivity index (χ4v) is 2.81. The maximum absolute atomic E-state index is 12.6. The summed E-state index contributed by atoms with van der Waals surface area (Å²) in [6.45, 7) is 2.95. The number of ketones is 1. The Morgan fingerprint density at radius 1 is 1.12 bits per heavy atom. The van der Waals surface area contributed by atoms with E-state index in [9.17, 15) is 19.7 Å². The molecule has 2 aromatic carbocycles. The van der Waals surface area contributed by atoms with Crippen molar-refractivity contribution in [2.75, 3.05) is 0 Å². The molecule has 0 radical (unpaired) electrons. The van der Waals surface area contributed by atoms with E-state index >= 15 is 0 Å². The number of aromatic nitrogens is 1. The van der Waals surface area contributed by atoms with Crippen LogP contribution in [0.3, 0.4) is 0 Å². The number of nitro benzene ring substituents is 1. The molecule has 0 fully saturated rings. The van der Waals surface area contributed by atoms with Gasteiger partial charge in [0.1, 0.15) is 0 Å². The normalized spacial score (nSPS) is 11.9. The van der Waals surface area contributed by atoms with E-state index in [-0.39, 0.29) is 22.6 Å². The number of para-hydroxylation sites is 1. The minimum Gasteiger partial charge on any atom is -0.451 e. The lowest BCUT2D eigenvalue weighted by molar-refractivity contribution is -0.385. The number of esters is 1. The second-order valence-corrected chi connectivity index (χ2v) is 5.87. The zero-order valence-electron chi connectivity index (χ0n) is 14.2. The molecule has 7 heteroatoms. The molecular weight excluding hydrogens is 336 g/mol. The highest BCUT2D eigenvalue weighted by molar-refractivity contribution is 6.10. The van der Waals surface area contributed by atoms with Crippen molar-refractivity contribution in [3.05, 3.63) is 75.5 Å². The highest BCUT2D eigenvalue weighted by Crippen LogP contribution is 2.23. The first kappa shape index (κ1) is 17.3. The summed E-state index contributed by atoms with van der Waals surface area (Å²) in [5.41, 5.74) is 1.34. The number of benzene rings is 2. The number of fused-ring (bicyclic) bond motifs is 1.